The van der Waals surface area contributed by atoms with Gasteiger partial charge in [-0.15, -0.1) is 0 Å². The maximum Gasteiger partial charge on any atom is 1.00 e. The van der Waals surface area contributed by atoms with E-state index in [-0.39, 0.29) is 24.3 Å². The summed E-state index contributed by atoms with van der Waals surface area (Å²) >= 11 is 1.52. The van der Waals surface area contributed by atoms with E-state index in [1.807, 2.05) is 0 Å². The number of nitrogens with zero attached hydrogens (tertiary/aromatic N) is 1. The molecule has 3 aliphatic heterocycles. The zero-order valence-corrected chi connectivity index (χ0v) is 9.75. The summed E-state index contributed by atoms with van der Waals surface area (Å²) in [6, 6.07) is 0. The van der Waals surface area contributed by atoms with Crippen molar-refractivity contribution < 1.29 is 32.8 Å². The molecule has 15 heavy (non-hydrogen) atoms. The van der Waals surface area contributed by atoms with Gasteiger partial charge in [-0.3, -0.25) is 4.98 Å². The molecule has 1 aromatic rings. The average molecular weight is 219 g/mol. The zero-order chi connectivity index (χ0) is 9.65. The van der Waals surface area contributed by atoms with Gasteiger partial charge < -0.3 is 14.0 Å². The standard InChI is InChI=1S/C8H11BNO3S.Li/c1-8-3-11-9(12-4-8,13-5-8)7-2-10-6-14-7;/h2,6H,3-5H2,1H3;/q-1;+1. The molecule has 0 N–H and O–H groups in total. The third kappa shape index (κ3) is 1.80. The second kappa shape index (κ2) is 3.88. The van der Waals surface area contributed by atoms with E-state index in [1.165, 1.54) is 11.3 Å². The first-order valence-corrected chi connectivity index (χ1v) is 5.55. The van der Waals surface area contributed by atoms with Gasteiger partial charge in [-0.25, -0.2) is 0 Å². The fourth-order valence-corrected chi connectivity index (χ4v) is 2.58. The minimum Gasteiger partial charge on any atom is -0.540 e. The average Bonchev–Trinajstić information content (AvgIpc) is 2.73. The van der Waals surface area contributed by atoms with Crippen molar-refractivity contribution in [3.63, 3.8) is 0 Å². The Morgan fingerprint density at radius 2 is 1.93 bits per heavy atom. The van der Waals surface area contributed by atoms with Gasteiger partial charge in [0.2, 0.25) is 0 Å². The Morgan fingerprint density at radius 1 is 1.33 bits per heavy atom. The smallest absolute Gasteiger partial charge is 0.540 e. The van der Waals surface area contributed by atoms with Crippen molar-refractivity contribution in [2.24, 2.45) is 5.41 Å². The maximum absolute atomic E-state index is 5.70. The Kier molecular flexibility index (Phi) is 3.01. The van der Waals surface area contributed by atoms with Crippen molar-refractivity contribution in [2.75, 3.05) is 19.8 Å². The molecule has 3 fully saturated rings. The van der Waals surface area contributed by atoms with E-state index in [0.29, 0.717) is 19.8 Å². The summed E-state index contributed by atoms with van der Waals surface area (Å²) in [5.74, 6) is 0. The molecule has 0 aliphatic carbocycles. The summed E-state index contributed by atoms with van der Waals surface area (Å²) < 4.78 is 18.1. The van der Waals surface area contributed by atoms with Crippen LogP contribution in [-0.4, -0.2) is 31.6 Å². The number of fused-ring (bicyclic) bond motifs is 3. The van der Waals surface area contributed by atoms with Crippen LogP contribution >= 0.6 is 11.3 Å². The van der Waals surface area contributed by atoms with Gasteiger partial charge in [0.1, 0.15) is 0 Å². The van der Waals surface area contributed by atoms with Crippen LogP contribution in [0.25, 0.3) is 0 Å². The fraction of sp³-hybridized carbons (Fsp3) is 0.625. The van der Waals surface area contributed by atoms with Gasteiger partial charge >= 0.3 is 25.6 Å². The molecular weight excluding hydrogens is 208 g/mol. The molecule has 7 heteroatoms. The molecule has 3 aliphatic rings. The van der Waals surface area contributed by atoms with Crippen LogP contribution in [0.5, 0.6) is 0 Å². The largest absolute Gasteiger partial charge is 1.00 e. The molecule has 0 spiro atoms. The Labute approximate surface area is 105 Å². The first-order chi connectivity index (χ1) is 6.73. The van der Waals surface area contributed by atoms with Gasteiger partial charge in [-0.2, -0.15) is 11.3 Å². The predicted molar refractivity (Wildman–Crippen MR) is 53.5 cm³/mol. The van der Waals surface area contributed by atoms with Crippen molar-refractivity contribution in [1.29, 1.82) is 0 Å². The fourth-order valence-electron chi connectivity index (χ4n) is 1.85. The second-order valence-corrected chi connectivity index (χ2v) is 5.21. The van der Waals surface area contributed by atoms with Gasteiger partial charge in [-0.1, -0.05) is 6.92 Å². The molecular formula is C8H11BLiNO3S. The van der Waals surface area contributed by atoms with Crippen LogP contribution < -0.4 is 23.6 Å². The van der Waals surface area contributed by atoms with Gasteiger partial charge in [0.15, 0.2) is 0 Å². The molecule has 0 radical (unpaired) electrons. The van der Waals surface area contributed by atoms with E-state index in [2.05, 4.69) is 11.9 Å². The Hall–Kier alpha value is 0.172. The van der Waals surface area contributed by atoms with E-state index in [0.717, 1.165) is 4.78 Å². The Morgan fingerprint density at radius 3 is 2.40 bits per heavy atom. The first-order valence-electron chi connectivity index (χ1n) is 4.67. The number of rotatable bonds is 1. The van der Waals surface area contributed by atoms with Gasteiger partial charge in [0, 0.05) is 31.4 Å². The van der Waals surface area contributed by atoms with Crippen LogP contribution in [0.4, 0.5) is 0 Å². The summed E-state index contributed by atoms with van der Waals surface area (Å²) in [6.07, 6.45) is 1.76. The number of aromatic nitrogens is 1. The van der Waals surface area contributed by atoms with E-state index in [9.17, 15) is 0 Å². The number of thiazole rings is 1. The molecule has 2 bridgehead atoms. The summed E-state index contributed by atoms with van der Waals surface area (Å²) in [4.78, 5) is 4.02. The molecule has 4 heterocycles. The van der Waals surface area contributed by atoms with Gasteiger partial charge in [0.05, 0.1) is 5.51 Å². The van der Waals surface area contributed by atoms with Gasteiger partial charge in [-0.05, 0) is 4.78 Å². The van der Waals surface area contributed by atoms with Gasteiger partial charge in [0.25, 0.3) is 0 Å². The molecule has 0 aromatic carbocycles. The third-order valence-corrected chi connectivity index (χ3v) is 3.65. The second-order valence-electron chi connectivity index (χ2n) is 4.29. The molecule has 0 amide bonds. The van der Waals surface area contributed by atoms with E-state index < -0.39 is 6.75 Å². The molecule has 4 rings (SSSR count). The Bertz CT molecular complexity index is 323. The maximum atomic E-state index is 5.70. The van der Waals surface area contributed by atoms with Crippen LogP contribution in [0.15, 0.2) is 11.7 Å². The zero-order valence-electron chi connectivity index (χ0n) is 8.93. The summed E-state index contributed by atoms with van der Waals surface area (Å²) in [5.41, 5.74) is 1.80. The predicted octanol–water partition coefficient (Wildman–Crippen LogP) is -2.62. The topological polar surface area (TPSA) is 40.6 Å². The third-order valence-electron chi connectivity index (χ3n) is 2.75. The molecule has 4 nitrogen and oxygen atoms in total. The minimum absolute atomic E-state index is 0. The quantitative estimate of drug-likeness (QED) is 0.485. The van der Waals surface area contributed by atoms with Crippen LogP contribution in [0.3, 0.4) is 0 Å². The number of hydrogen-bond acceptors (Lipinski definition) is 5. The minimum atomic E-state index is -1.66. The first kappa shape index (κ1) is 11.7. The normalized spacial score (nSPS) is 38.7. The van der Waals surface area contributed by atoms with Crippen LogP contribution in [-0.2, 0) is 14.0 Å². The monoisotopic (exact) mass is 219 g/mol. The van der Waals surface area contributed by atoms with Crippen molar-refractivity contribution >= 4 is 22.9 Å². The summed E-state index contributed by atoms with van der Waals surface area (Å²) in [6.45, 7) is 2.59. The van der Waals surface area contributed by atoms with Crippen LogP contribution in [0.2, 0.25) is 0 Å². The van der Waals surface area contributed by atoms with E-state index in [1.54, 1.807) is 11.7 Å². The molecule has 1 aromatic heterocycles. The molecule has 0 saturated carbocycles. The molecule has 0 atom stereocenters. The molecule has 0 unspecified atom stereocenters. The van der Waals surface area contributed by atoms with Crippen LogP contribution in [0, 0.1) is 5.41 Å². The van der Waals surface area contributed by atoms with Crippen molar-refractivity contribution in [1.82, 2.24) is 4.98 Å². The molecule has 76 valence electrons. The van der Waals surface area contributed by atoms with E-state index >= 15 is 0 Å². The summed E-state index contributed by atoms with van der Waals surface area (Å²) in [5, 5.41) is 0. The molecule has 3 saturated heterocycles. The van der Waals surface area contributed by atoms with Crippen molar-refractivity contribution in [3.8, 4) is 0 Å². The van der Waals surface area contributed by atoms with Crippen LogP contribution in [0.1, 0.15) is 6.92 Å². The van der Waals surface area contributed by atoms with Crippen molar-refractivity contribution in [3.05, 3.63) is 11.7 Å². The summed E-state index contributed by atoms with van der Waals surface area (Å²) in [7, 11) is 0. The van der Waals surface area contributed by atoms with Crippen molar-refractivity contribution in [2.45, 2.75) is 6.92 Å². The Balaban J connectivity index is 0.000000853. The SMILES string of the molecule is CC12CO[B-](c3cncs3)(OC1)OC2.[Li+]. The number of hydrogen-bond donors (Lipinski definition) is 0. The van der Waals surface area contributed by atoms with E-state index in [4.69, 9.17) is 14.0 Å².